The summed E-state index contributed by atoms with van der Waals surface area (Å²) in [6, 6.07) is 5.94. The molecule has 2 heterocycles. The van der Waals surface area contributed by atoms with Gasteiger partial charge in [-0.3, -0.25) is 9.59 Å². The van der Waals surface area contributed by atoms with Crippen LogP contribution in [0.1, 0.15) is 45.8 Å². The molecular weight excluding hydrogens is 380 g/mol. The number of hydrogen-bond donors (Lipinski definition) is 1. The van der Waals surface area contributed by atoms with Crippen LogP contribution in [0.25, 0.3) is 5.65 Å². The molecule has 0 spiro atoms. The minimum Gasteiger partial charge on any atom is -0.456 e. The van der Waals surface area contributed by atoms with Gasteiger partial charge in [0.25, 0.3) is 5.91 Å². The van der Waals surface area contributed by atoms with Gasteiger partial charge in [-0.2, -0.15) is 5.10 Å². The van der Waals surface area contributed by atoms with Crippen LogP contribution in [0.15, 0.2) is 18.2 Å². The van der Waals surface area contributed by atoms with E-state index < -0.39 is 5.97 Å². The van der Waals surface area contributed by atoms with Crippen LogP contribution in [0.5, 0.6) is 0 Å². The van der Waals surface area contributed by atoms with Gasteiger partial charge >= 0.3 is 5.97 Å². The van der Waals surface area contributed by atoms with E-state index in [4.69, 9.17) is 4.74 Å². The Kier molecular flexibility index (Phi) is 6.20. The van der Waals surface area contributed by atoms with Gasteiger partial charge in [0.05, 0.1) is 5.69 Å². The molecule has 158 valence electrons. The number of nitrogens with zero attached hydrogens (tertiary/aromatic N) is 3. The molecule has 7 nitrogen and oxygen atoms in total. The highest BCUT2D eigenvalue weighted by Crippen LogP contribution is 2.22. The molecule has 2 aromatic heterocycles. The van der Waals surface area contributed by atoms with Crippen molar-refractivity contribution >= 4 is 23.2 Å². The Balaban J connectivity index is 1.57. The average molecular weight is 409 g/mol. The molecule has 0 unspecified atom stereocenters. The fourth-order valence-electron chi connectivity index (χ4n) is 3.80. The lowest BCUT2D eigenvalue weighted by molar-refractivity contribution is -0.147. The summed E-state index contributed by atoms with van der Waals surface area (Å²) in [5.74, 6) is -0.765. The van der Waals surface area contributed by atoms with Gasteiger partial charge in [-0.1, -0.05) is 17.7 Å². The molecule has 0 fully saturated rings. The van der Waals surface area contributed by atoms with Crippen LogP contribution in [-0.4, -0.2) is 33.1 Å². The van der Waals surface area contributed by atoms with E-state index in [0.29, 0.717) is 6.42 Å². The maximum Gasteiger partial charge on any atom is 0.306 e. The third kappa shape index (κ3) is 4.67. The van der Waals surface area contributed by atoms with Crippen molar-refractivity contribution in [2.45, 2.75) is 54.4 Å². The van der Waals surface area contributed by atoms with Crippen LogP contribution in [-0.2, 0) is 20.7 Å². The topological polar surface area (TPSA) is 85.6 Å². The number of benzene rings is 1. The molecule has 1 N–H and O–H groups in total. The van der Waals surface area contributed by atoms with E-state index in [1.54, 1.807) is 4.52 Å². The van der Waals surface area contributed by atoms with Gasteiger partial charge in [0.1, 0.15) is 0 Å². The molecule has 0 aliphatic rings. The fourth-order valence-corrected chi connectivity index (χ4v) is 3.80. The molecule has 0 saturated carbocycles. The quantitative estimate of drug-likeness (QED) is 0.629. The van der Waals surface area contributed by atoms with Crippen molar-refractivity contribution in [1.29, 1.82) is 0 Å². The summed E-state index contributed by atoms with van der Waals surface area (Å²) < 4.78 is 6.97. The van der Waals surface area contributed by atoms with Crippen LogP contribution in [0.2, 0.25) is 0 Å². The lowest BCUT2D eigenvalue weighted by Crippen LogP contribution is -2.22. The first-order valence-corrected chi connectivity index (χ1v) is 10.0. The highest BCUT2D eigenvalue weighted by atomic mass is 16.5. The van der Waals surface area contributed by atoms with Gasteiger partial charge < -0.3 is 10.1 Å². The number of aryl methyl sites for hydroxylation is 6. The summed E-state index contributed by atoms with van der Waals surface area (Å²) in [7, 11) is 0. The fraction of sp³-hybridized carbons (Fsp3) is 0.391. The highest BCUT2D eigenvalue weighted by molar-refractivity contribution is 5.94. The van der Waals surface area contributed by atoms with Crippen LogP contribution in [0.3, 0.4) is 0 Å². The van der Waals surface area contributed by atoms with Crippen molar-refractivity contribution in [3.63, 3.8) is 0 Å². The number of nitrogens with one attached hydrogen (secondary N) is 1. The summed E-state index contributed by atoms with van der Waals surface area (Å²) in [6.45, 7) is 11.4. The second-order valence-corrected chi connectivity index (χ2v) is 7.80. The van der Waals surface area contributed by atoms with E-state index in [1.807, 2.05) is 59.7 Å². The molecule has 0 bridgehead atoms. The van der Waals surface area contributed by atoms with E-state index in [0.717, 1.165) is 50.7 Å². The number of rotatable bonds is 6. The smallest absolute Gasteiger partial charge is 0.306 e. The number of amides is 1. The summed E-state index contributed by atoms with van der Waals surface area (Å²) in [4.78, 5) is 29.0. The molecular formula is C23H28N4O3. The third-order valence-corrected chi connectivity index (χ3v) is 5.17. The van der Waals surface area contributed by atoms with Crippen molar-refractivity contribution in [2.24, 2.45) is 0 Å². The number of ether oxygens (including phenoxy) is 1. The molecule has 3 aromatic rings. The maximum absolute atomic E-state index is 12.2. The molecule has 7 heteroatoms. The maximum atomic E-state index is 12.2. The molecule has 3 rings (SSSR count). The normalized spacial score (nSPS) is 11.0. The van der Waals surface area contributed by atoms with Crippen LogP contribution in [0.4, 0.5) is 5.69 Å². The lowest BCUT2D eigenvalue weighted by Gasteiger charge is -2.13. The van der Waals surface area contributed by atoms with Crippen molar-refractivity contribution in [3.8, 4) is 0 Å². The molecule has 0 saturated heterocycles. The molecule has 0 aliphatic heterocycles. The van der Waals surface area contributed by atoms with Gasteiger partial charge in [-0.05, 0) is 64.7 Å². The van der Waals surface area contributed by atoms with Crippen molar-refractivity contribution in [3.05, 3.63) is 57.5 Å². The number of carbonyl (C=O) groups excluding carboxylic acids is 2. The van der Waals surface area contributed by atoms with E-state index in [2.05, 4.69) is 15.4 Å². The zero-order valence-electron chi connectivity index (χ0n) is 18.4. The molecule has 1 aromatic carbocycles. The van der Waals surface area contributed by atoms with Crippen molar-refractivity contribution in [1.82, 2.24) is 14.6 Å². The molecule has 0 atom stereocenters. The average Bonchev–Trinajstić information content (AvgIpc) is 3.03. The van der Waals surface area contributed by atoms with Crippen LogP contribution < -0.4 is 5.32 Å². The largest absolute Gasteiger partial charge is 0.456 e. The van der Waals surface area contributed by atoms with E-state index in [1.165, 1.54) is 0 Å². The number of aromatic nitrogens is 3. The lowest BCUT2D eigenvalue weighted by atomic mass is 10.1. The third-order valence-electron chi connectivity index (χ3n) is 5.17. The van der Waals surface area contributed by atoms with Crippen LogP contribution in [0, 0.1) is 41.5 Å². The zero-order valence-corrected chi connectivity index (χ0v) is 18.4. The predicted octanol–water partition coefficient (Wildman–Crippen LogP) is 3.69. The molecule has 0 radical (unpaired) electrons. The summed E-state index contributed by atoms with van der Waals surface area (Å²) in [5.41, 5.74) is 8.36. The summed E-state index contributed by atoms with van der Waals surface area (Å²) in [5, 5.41) is 7.28. The summed E-state index contributed by atoms with van der Waals surface area (Å²) in [6.07, 6.45) is 0.654. The van der Waals surface area contributed by atoms with Crippen molar-refractivity contribution < 1.29 is 14.3 Å². The number of esters is 1. The second kappa shape index (κ2) is 8.65. The Morgan fingerprint density at radius 3 is 2.37 bits per heavy atom. The zero-order chi connectivity index (χ0) is 22.0. The van der Waals surface area contributed by atoms with Crippen molar-refractivity contribution in [2.75, 3.05) is 11.9 Å². The van der Waals surface area contributed by atoms with E-state index in [9.17, 15) is 9.59 Å². The van der Waals surface area contributed by atoms with Gasteiger partial charge in [0.15, 0.2) is 12.3 Å². The van der Waals surface area contributed by atoms with E-state index >= 15 is 0 Å². The Bertz CT molecular complexity index is 1110. The SMILES string of the molecule is Cc1cc(C)c(NC(=O)COC(=O)CCc2c(C)nc3cc(C)nn3c2C)c(C)c1. The van der Waals surface area contributed by atoms with Gasteiger partial charge in [0, 0.05) is 29.6 Å². The molecule has 30 heavy (non-hydrogen) atoms. The standard InChI is InChI=1S/C23H28N4O3/c1-13-9-14(2)23(15(3)10-13)25-21(28)12-30-22(29)8-7-19-17(5)24-20-11-16(4)26-27(20)18(19)6/h9-11H,7-8,12H2,1-6H3,(H,25,28). The minimum atomic E-state index is -0.418. The molecule has 0 aliphatic carbocycles. The van der Waals surface area contributed by atoms with Crippen LogP contribution >= 0.6 is 0 Å². The first kappa shape index (κ1) is 21.5. The number of fused-ring (bicyclic) bond motifs is 1. The Morgan fingerprint density at radius 1 is 1.03 bits per heavy atom. The second-order valence-electron chi connectivity index (χ2n) is 7.80. The monoisotopic (exact) mass is 408 g/mol. The van der Waals surface area contributed by atoms with Gasteiger partial charge in [0.2, 0.25) is 0 Å². The molecule has 1 amide bonds. The number of carbonyl (C=O) groups is 2. The van der Waals surface area contributed by atoms with Gasteiger partial charge in [-0.15, -0.1) is 0 Å². The predicted molar refractivity (Wildman–Crippen MR) is 116 cm³/mol. The number of anilines is 1. The minimum absolute atomic E-state index is 0.172. The first-order valence-electron chi connectivity index (χ1n) is 10.0. The highest BCUT2D eigenvalue weighted by Gasteiger charge is 2.15. The van der Waals surface area contributed by atoms with Gasteiger partial charge in [-0.25, -0.2) is 9.50 Å². The number of hydrogen-bond acceptors (Lipinski definition) is 5. The Hall–Kier alpha value is -3.22. The first-order chi connectivity index (χ1) is 14.2. The Labute approximate surface area is 176 Å². The van der Waals surface area contributed by atoms with E-state index in [-0.39, 0.29) is 18.9 Å². The Morgan fingerprint density at radius 2 is 1.70 bits per heavy atom. The summed E-state index contributed by atoms with van der Waals surface area (Å²) >= 11 is 0.